The summed E-state index contributed by atoms with van der Waals surface area (Å²) in [5, 5.41) is 5.49. The van der Waals surface area contributed by atoms with Gasteiger partial charge in [-0.25, -0.2) is 4.39 Å². The standard InChI is InChI=1S/C22H22FN3O3S/c23-17-4-1-3-16-18(10-12-30-21(16)17)25-19(27)13-24-22(29)14-6-8-15(9-7-14)26-11-2-5-20(26)28/h1,3-4,6-9,18H,2,5,10-13H2,(H,24,29)(H,25,27)/t18-/m0/s1. The van der Waals surface area contributed by atoms with Crippen molar-refractivity contribution in [3.8, 4) is 0 Å². The molecule has 0 aromatic heterocycles. The van der Waals surface area contributed by atoms with E-state index >= 15 is 0 Å². The minimum atomic E-state index is -0.366. The van der Waals surface area contributed by atoms with Gasteiger partial charge in [-0.15, -0.1) is 11.8 Å². The number of fused-ring (bicyclic) bond motifs is 1. The zero-order valence-electron chi connectivity index (χ0n) is 16.3. The summed E-state index contributed by atoms with van der Waals surface area (Å²) in [6, 6.07) is 11.4. The van der Waals surface area contributed by atoms with Gasteiger partial charge in [0.15, 0.2) is 0 Å². The van der Waals surface area contributed by atoms with Crippen LogP contribution < -0.4 is 15.5 Å². The number of halogens is 1. The first-order chi connectivity index (χ1) is 14.5. The van der Waals surface area contributed by atoms with Crippen molar-refractivity contribution in [2.45, 2.75) is 30.2 Å². The number of thioether (sulfide) groups is 1. The molecule has 156 valence electrons. The summed E-state index contributed by atoms with van der Waals surface area (Å²) in [5.41, 5.74) is 1.96. The average Bonchev–Trinajstić information content (AvgIpc) is 3.19. The lowest BCUT2D eigenvalue weighted by Crippen LogP contribution is -2.39. The van der Waals surface area contributed by atoms with Gasteiger partial charge in [0.05, 0.1) is 12.6 Å². The zero-order valence-corrected chi connectivity index (χ0v) is 17.1. The van der Waals surface area contributed by atoms with Gasteiger partial charge < -0.3 is 15.5 Å². The molecule has 1 atom stereocenters. The van der Waals surface area contributed by atoms with Crippen molar-refractivity contribution in [1.82, 2.24) is 10.6 Å². The highest BCUT2D eigenvalue weighted by Gasteiger charge is 2.25. The van der Waals surface area contributed by atoms with Crippen LogP contribution >= 0.6 is 11.8 Å². The van der Waals surface area contributed by atoms with E-state index < -0.39 is 0 Å². The second-order valence-electron chi connectivity index (χ2n) is 7.29. The molecule has 2 aromatic rings. The molecule has 4 rings (SSSR count). The van der Waals surface area contributed by atoms with Gasteiger partial charge >= 0.3 is 0 Å². The summed E-state index contributed by atoms with van der Waals surface area (Å²) in [7, 11) is 0. The lowest BCUT2D eigenvalue weighted by atomic mass is 10.0. The lowest BCUT2D eigenvalue weighted by molar-refractivity contribution is -0.121. The maximum Gasteiger partial charge on any atom is 0.251 e. The van der Waals surface area contributed by atoms with Crippen molar-refractivity contribution in [1.29, 1.82) is 0 Å². The Morgan fingerprint density at radius 3 is 2.70 bits per heavy atom. The summed E-state index contributed by atoms with van der Waals surface area (Å²) in [4.78, 5) is 38.8. The third kappa shape index (κ3) is 4.33. The van der Waals surface area contributed by atoms with Gasteiger partial charge in [0, 0.05) is 34.9 Å². The topological polar surface area (TPSA) is 78.5 Å². The zero-order chi connectivity index (χ0) is 21.1. The predicted octanol–water partition coefficient (Wildman–Crippen LogP) is 3.04. The molecule has 0 spiro atoms. The number of hydrogen-bond acceptors (Lipinski definition) is 4. The monoisotopic (exact) mass is 427 g/mol. The van der Waals surface area contributed by atoms with E-state index in [0.717, 1.165) is 23.4 Å². The Hall–Kier alpha value is -2.87. The number of nitrogens with one attached hydrogen (secondary N) is 2. The van der Waals surface area contributed by atoms with Crippen LogP contribution in [0.1, 0.15) is 41.2 Å². The Kier molecular flexibility index (Phi) is 6.03. The molecule has 30 heavy (non-hydrogen) atoms. The van der Waals surface area contributed by atoms with Gasteiger partial charge in [0.2, 0.25) is 11.8 Å². The fraction of sp³-hybridized carbons (Fsp3) is 0.318. The molecule has 0 aliphatic carbocycles. The number of nitrogens with zero attached hydrogens (tertiary/aromatic N) is 1. The second-order valence-corrected chi connectivity index (χ2v) is 8.40. The second kappa shape index (κ2) is 8.87. The van der Waals surface area contributed by atoms with Crippen molar-refractivity contribution >= 4 is 35.2 Å². The van der Waals surface area contributed by atoms with Crippen molar-refractivity contribution in [2.75, 3.05) is 23.7 Å². The van der Waals surface area contributed by atoms with E-state index in [0.29, 0.717) is 29.8 Å². The smallest absolute Gasteiger partial charge is 0.251 e. The molecule has 2 aromatic carbocycles. The molecule has 1 fully saturated rings. The molecular weight excluding hydrogens is 405 g/mol. The van der Waals surface area contributed by atoms with Crippen LogP contribution in [0.25, 0.3) is 0 Å². The van der Waals surface area contributed by atoms with Crippen molar-refractivity contribution < 1.29 is 18.8 Å². The lowest BCUT2D eigenvalue weighted by Gasteiger charge is -2.26. The first-order valence-corrected chi connectivity index (χ1v) is 10.9. The number of rotatable bonds is 5. The minimum Gasteiger partial charge on any atom is -0.348 e. The van der Waals surface area contributed by atoms with Crippen LogP contribution in [-0.4, -0.2) is 36.6 Å². The summed E-state index contributed by atoms with van der Waals surface area (Å²) in [5.74, 6) is -0.156. The Labute approximate surface area is 178 Å². The molecule has 2 heterocycles. The molecule has 3 amide bonds. The third-order valence-electron chi connectivity index (χ3n) is 5.29. The Morgan fingerprint density at radius 1 is 1.17 bits per heavy atom. The summed E-state index contributed by atoms with van der Waals surface area (Å²) in [6.45, 7) is 0.525. The van der Waals surface area contributed by atoms with E-state index in [4.69, 9.17) is 0 Å². The third-order valence-corrected chi connectivity index (χ3v) is 6.44. The minimum absolute atomic E-state index is 0.0893. The highest BCUT2D eigenvalue weighted by Crippen LogP contribution is 2.37. The van der Waals surface area contributed by atoms with Crippen LogP contribution in [-0.2, 0) is 9.59 Å². The number of benzene rings is 2. The molecule has 2 N–H and O–H groups in total. The van der Waals surface area contributed by atoms with Crippen LogP contribution in [0.3, 0.4) is 0 Å². The fourth-order valence-electron chi connectivity index (χ4n) is 3.76. The molecular formula is C22H22FN3O3S. The first kappa shape index (κ1) is 20.4. The van der Waals surface area contributed by atoms with E-state index in [1.165, 1.54) is 17.8 Å². The number of carbonyl (C=O) groups excluding carboxylic acids is 3. The molecule has 2 aliphatic rings. The van der Waals surface area contributed by atoms with Crippen LogP contribution in [0.2, 0.25) is 0 Å². The molecule has 1 saturated heterocycles. The Morgan fingerprint density at radius 2 is 1.97 bits per heavy atom. The molecule has 2 aliphatic heterocycles. The van der Waals surface area contributed by atoms with Gasteiger partial charge in [0.1, 0.15) is 5.82 Å². The van der Waals surface area contributed by atoms with Gasteiger partial charge in [-0.1, -0.05) is 12.1 Å². The van der Waals surface area contributed by atoms with E-state index in [-0.39, 0.29) is 36.1 Å². The Bertz CT molecular complexity index is 980. The number of amides is 3. The number of anilines is 1. The fourth-order valence-corrected chi connectivity index (χ4v) is 4.90. The largest absolute Gasteiger partial charge is 0.348 e. The predicted molar refractivity (Wildman–Crippen MR) is 113 cm³/mol. The van der Waals surface area contributed by atoms with Gasteiger partial charge in [0.25, 0.3) is 5.91 Å². The first-order valence-electron chi connectivity index (χ1n) is 9.92. The average molecular weight is 428 g/mol. The van der Waals surface area contributed by atoms with Crippen molar-refractivity contribution in [3.05, 3.63) is 59.4 Å². The molecule has 0 unspecified atom stereocenters. The molecule has 8 heteroatoms. The van der Waals surface area contributed by atoms with Crippen LogP contribution in [0, 0.1) is 5.82 Å². The van der Waals surface area contributed by atoms with E-state index in [1.54, 1.807) is 35.2 Å². The maximum atomic E-state index is 14.0. The quantitative estimate of drug-likeness (QED) is 0.769. The van der Waals surface area contributed by atoms with Crippen LogP contribution in [0.5, 0.6) is 0 Å². The maximum absolute atomic E-state index is 14.0. The Balaban J connectivity index is 1.32. The van der Waals surface area contributed by atoms with E-state index in [1.807, 2.05) is 6.07 Å². The molecule has 0 saturated carbocycles. The molecule has 6 nitrogen and oxygen atoms in total. The van der Waals surface area contributed by atoms with Crippen LogP contribution in [0.15, 0.2) is 47.4 Å². The summed E-state index contributed by atoms with van der Waals surface area (Å²) < 4.78 is 14.0. The van der Waals surface area contributed by atoms with E-state index in [2.05, 4.69) is 10.6 Å². The number of hydrogen-bond donors (Lipinski definition) is 2. The van der Waals surface area contributed by atoms with Crippen LogP contribution in [0.4, 0.5) is 10.1 Å². The van der Waals surface area contributed by atoms with Crippen molar-refractivity contribution in [2.24, 2.45) is 0 Å². The highest BCUT2D eigenvalue weighted by molar-refractivity contribution is 7.99. The normalized spacial score (nSPS) is 18.1. The van der Waals surface area contributed by atoms with Gasteiger partial charge in [-0.2, -0.15) is 0 Å². The van der Waals surface area contributed by atoms with Gasteiger partial charge in [-0.05, 0) is 48.7 Å². The number of carbonyl (C=O) groups is 3. The van der Waals surface area contributed by atoms with E-state index in [9.17, 15) is 18.8 Å². The van der Waals surface area contributed by atoms with Gasteiger partial charge in [-0.3, -0.25) is 14.4 Å². The molecule has 0 radical (unpaired) electrons. The summed E-state index contributed by atoms with van der Waals surface area (Å²) in [6.07, 6.45) is 2.10. The summed E-state index contributed by atoms with van der Waals surface area (Å²) >= 11 is 1.45. The highest BCUT2D eigenvalue weighted by atomic mass is 32.2. The molecule has 0 bridgehead atoms. The van der Waals surface area contributed by atoms with Crippen molar-refractivity contribution in [3.63, 3.8) is 0 Å². The SMILES string of the molecule is O=C(CNC(=O)c1ccc(N2CCCC2=O)cc1)N[C@H]1CCSc2c(F)cccc21.